The predicted molar refractivity (Wildman–Crippen MR) is 127 cm³/mol. The summed E-state index contributed by atoms with van der Waals surface area (Å²) in [6.07, 6.45) is 4.44. The number of fused-ring (bicyclic) bond motifs is 2. The monoisotopic (exact) mass is 461 g/mol. The van der Waals surface area contributed by atoms with E-state index >= 15 is 0 Å². The Kier molecular flexibility index (Phi) is 4.50. The Morgan fingerprint density at radius 3 is 2.75 bits per heavy atom. The maximum atomic E-state index is 6.62. The summed E-state index contributed by atoms with van der Waals surface area (Å²) >= 11 is 7.67. The molecule has 4 aromatic rings. The molecule has 2 aliphatic rings. The van der Waals surface area contributed by atoms with Gasteiger partial charge in [-0.3, -0.25) is 0 Å². The lowest BCUT2D eigenvalue weighted by molar-refractivity contribution is 0.181. The van der Waals surface area contributed by atoms with Crippen LogP contribution in [-0.4, -0.2) is 33.0 Å². The molecule has 1 fully saturated rings. The van der Waals surface area contributed by atoms with Crippen molar-refractivity contribution >= 4 is 46.2 Å². The molecular formula is C23H20ClN7S. The standard InChI is InChI=1S/C23H20ClN7S/c24-19-16(7-8-27-21(19)26)32-18-6-5-15-22(30-18)28-10-17(29-15)31-11-23(12-31)9-13-3-1-2-4-14(13)20(23)25/h1-8,10,20H,9,11-12,25H2,(H2,26,27)/t20-/m1/s1. The third-order valence-electron chi connectivity index (χ3n) is 6.39. The molecule has 1 aliphatic carbocycles. The van der Waals surface area contributed by atoms with E-state index in [1.165, 1.54) is 22.9 Å². The van der Waals surface area contributed by atoms with Crippen LogP contribution in [0.5, 0.6) is 0 Å². The van der Waals surface area contributed by atoms with Crippen molar-refractivity contribution in [3.63, 3.8) is 0 Å². The smallest absolute Gasteiger partial charge is 0.179 e. The highest BCUT2D eigenvalue weighted by Gasteiger charge is 2.52. The Hall–Kier alpha value is -2.94. The lowest BCUT2D eigenvalue weighted by atomic mass is 9.74. The van der Waals surface area contributed by atoms with Crippen LogP contribution in [0.3, 0.4) is 0 Å². The molecule has 9 heteroatoms. The van der Waals surface area contributed by atoms with E-state index < -0.39 is 0 Å². The molecule has 6 rings (SSSR count). The molecule has 1 spiro atoms. The normalized spacial score (nSPS) is 18.7. The lowest BCUT2D eigenvalue weighted by Crippen LogP contribution is -2.60. The van der Waals surface area contributed by atoms with Crippen molar-refractivity contribution in [3.8, 4) is 0 Å². The van der Waals surface area contributed by atoms with Crippen LogP contribution >= 0.6 is 23.4 Å². The number of nitrogens with zero attached hydrogens (tertiary/aromatic N) is 5. The average molecular weight is 462 g/mol. The fourth-order valence-corrected chi connectivity index (χ4v) is 5.77. The van der Waals surface area contributed by atoms with Crippen LogP contribution in [0.2, 0.25) is 5.02 Å². The van der Waals surface area contributed by atoms with Gasteiger partial charge in [-0.1, -0.05) is 47.6 Å². The Bertz CT molecular complexity index is 1360. The maximum Gasteiger partial charge on any atom is 0.179 e. The summed E-state index contributed by atoms with van der Waals surface area (Å²) in [5.74, 6) is 1.16. The second-order valence-corrected chi connectivity index (χ2v) is 9.84. The van der Waals surface area contributed by atoms with E-state index in [0.29, 0.717) is 16.5 Å². The molecular weight excluding hydrogens is 442 g/mol. The third-order valence-corrected chi connectivity index (χ3v) is 7.90. The van der Waals surface area contributed by atoms with Crippen molar-refractivity contribution in [1.29, 1.82) is 0 Å². The van der Waals surface area contributed by atoms with Gasteiger partial charge in [0, 0.05) is 35.6 Å². The molecule has 7 nitrogen and oxygen atoms in total. The first kappa shape index (κ1) is 19.7. The quantitative estimate of drug-likeness (QED) is 0.473. The predicted octanol–water partition coefficient (Wildman–Crippen LogP) is 3.87. The highest BCUT2D eigenvalue weighted by Crippen LogP contribution is 2.50. The van der Waals surface area contributed by atoms with Gasteiger partial charge in [0.1, 0.15) is 22.2 Å². The van der Waals surface area contributed by atoms with Crippen LogP contribution in [0.25, 0.3) is 11.2 Å². The summed E-state index contributed by atoms with van der Waals surface area (Å²) in [4.78, 5) is 21.0. The summed E-state index contributed by atoms with van der Waals surface area (Å²) in [7, 11) is 0. The number of hydrogen-bond acceptors (Lipinski definition) is 8. The molecule has 3 aromatic heterocycles. The Labute approximate surface area is 194 Å². The summed E-state index contributed by atoms with van der Waals surface area (Å²) in [6.45, 7) is 1.76. The molecule has 4 heterocycles. The molecule has 0 unspecified atom stereocenters. The van der Waals surface area contributed by atoms with Gasteiger partial charge in [0.05, 0.1) is 11.2 Å². The minimum Gasteiger partial charge on any atom is -0.382 e. The van der Waals surface area contributed by atoms with Crippen molar-refractivity contribution in [2.75, 3.05) is 23.7 Å². The number of pyridine rings is 2. The molecule has 0 radical (unpaired) electrons. The Morgan fingerprint density at radius 1 is 1.06 bits per heavy atom. The van der Waals surface area contributed by atoms with Gasteiger partial charge in [-0.25, -0.2) is 19.9 Å². The molecule has 32 heavy (non-hydrogen) atoms. The molecule has 1 aromatic carbocycles. The van der Waals surface area contributed by atoms with Crippen LogP contribution < -0.4 is 16.4 Å². The van der Waals surface area contributed by atoms with Gasteiger partial charge in [0.15, 0.2) is 5.65 Å². The third kappa shape index (κ3) is 3.09. The topological polar surface area (TPSA) is 107 Å². The number of hydrogen-bond donors (Lipinski definition) is 2. The second-order valence-electron chi connectivity index (χ2n) is 8.40. The average Bonchev–Trinajstić information content (AvgIpc) is 3.08. The van der Waals surface area contributed by atoms with Gasteiger partial charge in [-0.2, -0.15) is 0 Å². The zero-order chi connectivity index (χ0) is 21.9. The van der Waals surface area contributed by atoms with Gasteiger partial charge in [-0.05, 0) is 35.7 Å². The van der Waals surface area contributed by atoms with E-state index in [0.717, 1.165) is 40.8 Å². The van der Waals surface area contributed by atoms with E-state index in [-0.39, 0.29) is 11.5 Å². The zero-order valence-corrected chi connectivity index (χ0v) is 18.6. The summed E-state index contributed by atoms with van der Waals surface area (Å²) < 4.78 is 0. The number of anilines is 2. The number of halogens is 1. The van der Waals surface area contributed by atoms with Crippen LogP contribution in [-0.2, 0) is 6.42 Å². The van der Waals surface area contributed by atoms with Crippen LogP contribution in [0.4, 0.5) is 11.6 Å². The van der Waals surface area contributed by atoms with Crippen molar-refractivity contribution < 1.29 is 0 Å². The molecule has 1 atom stereocenters. The number of nitrogens with two attached hydrogens (primary N) is 2. The van der Waals surface area contributed by atoms with Crippen molar-refractivity contribution in [1.82, 2.24) is 19.9 Å². The van der Waals surface area contributed by atoms with Crippen LogP contribution in [0.1, 0.15) is 17.2 Å². The van der Waals surface area contributed by atoms with Crippen LogP contribution in [0.15, 0.2) is 64.8 Å². The number of rotatable bonds is 3. The molecule has 0 saturated carbocycles. The van der Waals surface area contributed by atoms with Crippen LogP contribution in [0, 0.1) is 5.41 Å². The van der Waals surface area contributed by atoms with E-state index in [2.05, 4.69) is 44.1 Å². The van der Waals surface area contributed by atoms with Crippen molar-refractivity contribution in [3.05, 3.63) is 71.0 Å². The van der Waals surface area contributed by atoms with E-state index in [1.807, 2.05) is 18.2 Å². The molecule has 1 saturated heterocycles. The highest BCUT2D eigenvalue weighted by atomic mass is 35.5. The SMILES string of the molecule is Nc1nccc(Sc2ccc3nc(N4CC5(Cc6ccccc6[C@H]5N)C4)cnc3n2)c1Cl. The minimum atomic E-state index is 0.0682. The Morgan fingerprint density at radius 2 is 1.91 bits per heavy atom. The van der Waals surface area contributed by atoms with Gasteiger partial charge in [0.25, 0.3) is 0 Å². The number of aromatic nitrogens is 4. The first-order chi connectivity index (χ1) is 15.5. The zero-order valence-electron chi connectivity index (χ0n) is 17.1. The number of benzene rings is 1. The van der Waals surface area contributed by atoms with Crippen molar-refractivity contribution in [2.45, 2.75) is 22.4 Å². The van der Waals surface area contributed by atoms with Gasteiger partial charge in [-0.15, -0.1) is 0 Å². The van der Waals surface area contributed by atoms with Gasteiger partial charge >= 0.3 is 0 Å². The first-order valence-corrected chi connectivity index (χ1v) is 11.5. The summed E-state index contributed by atoms with van der Waals surface area (Å²) in [5.41, 5.74) is 16.5. The van der Waals surface area contributed by atoms with Crippen molar-refractivity contribution in [2.24, 2.45) is 11.1 Å². The maximum absolute atomic E-state index is 6.62. The van der Waals surface area contributed by atoms with E-state index in [9.17, 15) is 0 Å². The number of nitrogen functional groups attached to an aromatic ring is 1. The van der Waals surface area contributed by atoms with E-state index in [4.69, 9.17) is 28.1 Å². The first-order valence-electron chi connectivity index (χ1n) is 10.3. The fraction of sp³-hybridized carbons (Fsp3) is 0.217. The molecule has 4 N–H and O–H groups in total. The molecule has 0 bridgehead atoms. The second kappa shape index (κ2) is 7.30. The summed E-state index contributed by atoms with van der Waals surface area (Å²) in [5, 5.41) is 1.20. The summed E-state index contributed by atoms with van der Waals surface area (Å²) in [6, 6.07) is 14.2. The molecule has 160 valence electrons. The fourth-order valence-electron chi connectivity index (χ4n) is 4.72. The van der Waals surface area contributed by atoms with Gasteiger partial charge < -0.3 is 16.4 Å². The minimum absolute atomic E-state index is 0.0682. The highest BCUT2D eigenvalue weighted by molar-refractivity contribution is 7.99. The van der Waals surface area contributed by atoms with E-state index in [1.54, 1.807) is 12.4 Å². The molecule has 1 aliphatic heterocycles. The van der Waals surface area contributed by atoms with Gasteiger partial charge in [0.2, 0.25) is 0 Å². The largest absolute Gasteiger partial charge is 0.382 e. The Balaban J connectivity index is 1.21. The lowest BCUT2D eigenvalue weighted by Gasteiger charge is -2.51. The molecule has 0 amide bonds.